The summed E-state index contributed by atoms with van der Waals surface area (Å²) < 4.78 is 19.9. The second-order valence-electron chi connectivity index (χ2n) is 8.53. The summed E-state index contributed by atoms with van der Waals surface area (Å²) >= 11 is 5.88. The largest absolute Gasteiger partial charge is 0.461 e. The summed E-state index contributed by atoms with van der Waals surface area (Å²) in [6, 6.07) is 5.09. The number of carbonyl (C=O) groups excluding carboxylic acids is 1. The van der Waals surface area contributed by atoms with Crippen LogP contribution in [-0.4, -0.2) is 65.8 Å². The molecule has 3 fully saturated rings. The molecular formula is C21H28ClFN2O3. The highest BCUT2D eigenvalue weighted by Crippen LogP contribution is 2.43. The van der Waals surface area contributed by atoms with Gasteiger partial charge in [-0.05, 0) is 44.8 Å². The third-order valence-corrected chi connectivity index (χ3v) is 6.87. The van der Waals surface area contributed by atoms with Crippen molar-refractivity contribution in [1.29, 1.82) is 0 Å². The van der Waals surface area contributed by atoms with E-state index in [1.54, 1.807) is 18.2 Å². The molecule has 1 aromatic rings. The van der Waals surface area contributed by atoms with E-state index in [0.717, 1.165) is 64.8 Å². The zero-order chi connectivity index (χ0) is 19.7. The average Bonchev–Trinajstić information content (AvgIpc) is 2.97. The zero-order valence-corrected chi connectivity index (χ0v) is 16.8. The SMILES string of the molecule is O=C1OC(CN2CCC(O)CC2)CC12CCN(Cc1cccc(Cl)c1F)CC2. The Morgan fingerprint density at radius 3 is 2.61 bits per heavy atom. The second kappa shape index (κ2) is 8.27. The Bertz CT molecular complexity index is 716. The Labute approximate surface area is 170 Å². The second-order valence-corrected chi connectivity index (χ2v) is 8.94. The number of halogens is 2. The molecule has 1 spiro atoms. The lowest BCUT2D eigenvalue weighted by molar-refractivity contribution is -0.151. The molecule has 1 unspecified atom stereocenters. The fraction of sp³-hybridized carbons (Fsp3) is 0.667. The van der Waals surface area contributed by atoms with Gasteiger partial charge in [0.15, 0.2) is 0 Å². The summed E-state index contributed by atoms with van der Waals surface area (Å²) in [5.74, 6) is -0.417. The van der Waals surface area contributed by atoms with Crippen molar-refractivity contribution in [3.05, 3.63) is 34.6 Å². The van der Waals surface area contributed by atoms with Gasteiger partial charge in [-0.1, -0.05) is 23.7 Å². The molecule has 5 nitrogen and oxygen atoms in total. The number of benzene rings is 1. The number of esters is 1. The molecule has 0 aromatic heterocycles. The van der Waals surface area contributed by atoms with E-state index in [-0.39, 0.29) is 34.4 Å². The normalized spacial score (nSPS) is 26.7. The molecule has 0 amide bonds. The van der Waals surface area contributed by atoms with Crippen LogP contribution in [0.2, 0.25) is 5.02 Å². The maximum atomic E-state index is 14.2. The molecule has 3 aliphatic rings. The van der Waals surface area contributed by atoms with Gasteiger partial charge in [0.05, 0.1) is 16.5 Å². The molecule has 4 rings (SSSR count). The van der Waals surface area contributed by atoms with Crippen LogP contribution in [-0.2, 0) is 16.1 Å². The fourth-order valence-corrected chi connectivity index (χ4v) is 4.98. The van der Waals surface area contributed by atoms with Gasteiger partial charge in [-0.15, -0.1) is 0 Å². The smallest absolute Gasteiger partial charge is 0.312 e. The summed E-state index contributed by atoms with van der Waals surface area (Å²) in [7, 11) is 0. The van der Waals surface area contributed by atoms with Crippen LogP contribution >= 0.6 is 11.6 Å². The van der Waals surface area contributed by atoms with Crippen LogP contribution in [0.5, 0.6) is 0 Å². The van der Waals surface area contributed by atoms with Crippen LogP contribution < -0.4 is 0 Å². The zero-order valence-electron chi connectivity index (χ0n) is 16.1. The minimum absolute atomic E-state index is 0.0559. The minimum atomic E-state index is -0.386. The third kappa shape index (κ3) is 4.20. The lowest BCUT2D eigenvalue weighted by Gasteiger charge is -2.36. The first-order valence-corrected chi connectivity index (χ1v) is 10.6. The van der Waals surface area contributed by atoms with Crippen molar-refractivity contribution >= 4 is 17.6 Å². The Morgan fingerprint density at radius 1 is 1.18 bits per heavy atom. The van der Waals surface area contributed by atoms with Crippen molar-refractivity contribution in [2.45, 2.75) is 50.9 Å². The van der Waals surface area contributed by atoms with Crippen LogP contribution in [0.1, 0.15) is 37.7 Å². The molecule has 3 saturated heterocycles. The van der Waals surface area contributed by atoms with Gasteiger partial charge in [-0.3, -0.25) is 14.6 Å². The molecule has 1 atom stereocenters. The predicted molar refractivity (Wildman–Crippen MR) is 105 cm³/mol. The summed E-state index contributed by atoms with van der Waals surface area (Å²) in [4.78, 5) is 17.1. The van der Waals surface area contributed by atoms with E-state index >= 15 is 0 Å². The predicted octanol–water partition coefficient (Wildman–Crippen LogP) is 2.83. The number of hydrogen-bond acceptors (Lipinski definition) is 5. The Balaban J connectivity index is 1.31. The standard InChI is InChI=1S/C21H28ClFN2O3/c22-18-3-1-2-15(19(18)23)13-25-10-6-21(7-11-25)12-17(28-20(21)27)14-24-8-4-16(26)5-9-24/h1-3,16-17,26H,4-14H2. The van der Waals surface area contributed by atoms with Crippen molar-refractivity contribution in [2.24, 2.45) is 5.41 Å². The summed E-state index contributed by atoms with van der Waals surface area (Å²) in [5, 5.41) is 9.80. The van der Waals surface area contributed by atoms with Crippen molar-refractivity contribution in [3.8, 4) is 0 Å². The van der Waals surface area contributed by atoms with Gasteiger partial charge in [0.1, 0.15) is 11.9 Å². The number of cyclic esters (lactones) is 1. The van der Waals surface area contributed by atoms with Crippen molar-refractivity contribution in [3.63, 3.8) is 0 Å². The van der Waals surface area contributed by atoms with E-state index in [4.69, 9.17) is 16.3 Å². The Hall–Kier alpha value is -1.21. The van der Waals surface area contributed by atoms with Gasteiger partial charge in [0.25, 0.3) is 0 Å². The molecule has 7 heteroatoms. The van der Waals surface area contributed by atoms with Gasteiger partial charge in [0, 0.05) is 38.2 Å². The molecule has 28 heavy (non-hydrogen) atoms. The lowest BCUT2D eigenvalue weighted by Crippen LogP contribution is -2.42. The first-order chi connectivity index (χ1) is 13.4. The van der Waals surface area contributed by atoms with Crippen LogP contribution in [0.3, 0.4) is 0 Å². The molecule has 0 radical (unpaired) electrons. The van der Waals surface area contributed by atoms with Crippen molar-refractivity contribution < 1.29 is 19.0 Å². The van der Waals surface area contributed by atoms with E-state index < -0.39 is 0 Å². The highest BCUT2D eigenvalue weighted by molar-refractivity contribution is 6.30. The average molecular weight is 411 g/mol. The summed E-state index contributed by atoms with van der Waals surface area (Å²) in [6.07, 6.45) is 3.61. The van der Waals surface area contributed by atoms with E-state index in [1.165, 1.54) is 0 Å². The van der Waals surface area contributed by atoms with Gasteiger partial charge in [-0.25, -0.2) is 4.39 Å². The number of piperidine rings is 2. The van der Waals surface area contributed by atoms with Crippen molar-refractivity contribution in [1.82, 2.24) is 9.80 Å². The number of aliphatic hydroxyl groups is 1. The molecular weight excluding hydrogens is 383 g/mol. The molecule has 1 aromatic carbocycles. The number of nitrogens with zero attached hydrogens (tertiary/aromatic N) is 2. The van der Waals surface area contributed by atoms with Crippen molar-refractivity contribution in [2.75, 3.05) is 32.7 Å². The molecule has 3 aliphatic heterocycles. The number of ether oxygens (including phenoxy) is 1. The number of aliphatic hydroxyl groups excluding tert-OH is 1. The van der Waals surface area contributed by atoms with Gasteiger partial charge in [0.2, 0.25) is 0 Å². The minimum Gasteiger partial charge on any atom is -0.461 e. The molecule has 0 saturated carbocycles. The molecule has 0 bridgehead atoms. The van der Waals surface area contributed by atoms with Crippen LogP contribution in [0.25, 0.3) is 0 Å². The number of hydrogen-bond donors (Lipinski definition) is 1. The summed E-state index contributed by atoms with van der Waals surface area (Å²) in [5.41, 5.74) is 0.214. The maximum Gasteiger partial charge on any atom is 0.312 e. The van der Waals surface area contributed by atoms with Crippen LogP contribution in [0, 0.1) is 11.2 Å². The van der Waals surface area contributed by atoms with Gasteiger partial charge in [-0.2, -0.15) is 0 Å². The molecule has 1 N–H and O–H groups in total. The van der Waals surface area contributed by atoms with Crippen LogP contribution in [0.4, 0.5) is 4.39 Å². The lowest BCUT2D eigenvalue weighted by atomic mass is 9.76. The molecule has 154 valence electrons. The first kappa shape index (κ1) is 20.1. The fourth-order valence-electron chi connectivity index (χ4n) is 4.79. The monoisotopic (exact) mass is 410 g/mol. The Kier molecular flexibility index (Phi) is 5.93. The van der Waals surface area contributed by atoms with E-state index in [0.29, 0.717) is 12.1 Å². The van der Waals surface area contributed by atoms with E-state index in [1.807, 2.05) is 0 Å². The number of carbonyl (C=O) groups is 1. The molecule has 0 aliphatic carbocycles. The number of likely N-dealkylation sites (tertiary alicyclic amines) is 2. The van der Waals surface area contributed by atoms with Gasteiger partial charge >= 0.3 is 5.97 Å². The van der Waals surface area contributed by atoms with Gasteiger partial charge < -0.3 is 9.84 Å². The summed E-state index contributed by atoms with van der Waals surface area (Å²) in [6.45, 7) is 4.50. The van der Waals surface area contributed by atoms with Crippen LogP contribution in [0.15, 0.2) is 18.2 Å². The molecule has 3 heterocycles. The maximum absolute atomic E-state index is 14.2. The topological polar surface area (TPSA) is 53.0 Å². The quantitative estimate of drug-likeness (QED) is 0.773. The third-order valence-electron chi connectivity index (χ3n) is 6.58. The first-order valence-electron chi connectivity index (χ1n) is 10.2. The number of rotatable bonds is 4. The van der Waals surface area contributed by atoms with E-state index in [9.17, 15) is 14.3 Å². The highest BCUT2D eigenvalue weighted by Gasteiger charge is 2.50. The Morgan fingerprint density at radius 2 is 1.89 bits per heavy atom. The van der Waals surface area contributed by atoms with E-state index in [2.05, 4.69) is 9.80 Å². The highest BCUT2D eigenvalue weighted by atomic mass is 35.5.